The van der Waals surface area contributed by atoms with E-state index in [0.29, 0.717) is 30.5 Å². The lowest BCUT2D eigenvalue weighted by Gasteiger charge is -2.24. The predicted molar refractivity (Wildman–Crippen MR) is 93.2 cm³/mol. The third-order valence-electron chi connectivity index (χ3n) is 4.28. The van der Waals surface area contributed by atoms with Crippen molar-refractivity contribution in [1.82, 2.24) is 9.99 Å². The lowest BCUT2D eigenvalue weighted by Crippen LogP contribution is -2.29. The highest BCUT2D eigenvalue weighted by Gasteiger charge is 2.17. The first-order chi connectivity index (χ1) is 11.0. The number of aromatic nitrogens is 1. The van der Waals surface area contributed by atoms with Gasteiger partial charge in [0.05, 0.1) is 28.9 Å². The van der Waals surface area contributed by atoms with Crippen LogP contribution in [0.2, 0.25) is 0 Å². The standard InChI is InChI=1S/C17H29N5O/c1-12-16(23-13-6-4-3-5-7-13)9-8-14(21-12)17(19)15(10-11-18)22(2)20/h8-9,13H,3-7,10-11,18-20H2,1-2H3/b17-15-. The van der Waals surface area contributed by atoms with Gasteiger partial charge in [0.15, 0.2) is 0 Å². The minimum atomic E-state index is 0.311. The fraction of sp³-hybridized carbons (Fsp3) is 0.588. The molecule has 1 aromatic rings. The lowest BCUT2D eigenvalue weighted by atomic mass is 9.98. The van der Waals surface area contributed by atoms with E-state index in [1.54, 1.807) is 7.05 Å². The predicted octanol–water partition coefficient (Wildman–Crippen LogP) is 1.88. The number of rotatable bonds is 6. The first kappa shape index (κ1) is 17.6. The molecule has 0 unspecified atom stereocenters. The Labute approximate surface area is 138 Å². The molecule has 0 aliphatic heterocycles. The largest absolute Gasteiger partial charge is 0.489 e. The molecule has 23 heavy (non-hydrogen) atoms. The Hall–Kier alpha value is -1.79. The Morgan fingerprint density at radius 2 is 2.00 bits per heavy atom. The number of pyridine rings is 1. The summed E-state index contributed by atoms with van der Waals surface area (Å²) in [5, 5.41) is 1.51. The van der Waals surface area contributed by atoms with Gasteiger partial charge in [0.2, 0.25) is 0 Å². The van der Waals surface area contributed by atoms with Gasteiger partial charge in [-0.05, 0) is 51.3 Å². The van der Waals surface area contributed by atoms with E-state index in [9.17, 15) is 0 Å². The summed E-state index contributed by atoms with van der Waals surface area (Å²) in [6, 6.07) is 3.84. The van der Waals surface area contributed by atoms with Crippen molar-refractivity contribution in [2.75, 3.05) is 13.6 Å². The molecule has 128 valence electrons. The Balaban J connectivity index is 2.18. The van der Waals surface area contributed by atoms with Gasteiger partial charge in [-0.15, -0.1) is 0 Å². The maximum atomic E-state index is 6.23. The molecule has 0 atom stereocenters. The third-order valence-corrected chi connectivity index (χ3v) is 4.28. The van der Waals surface area contributed by atoms with E-state index in [1.807, 2.05) is 19.1 Å². The van der Waals surface area contributed by atoms with Crippen LogP contribution in [0.5, 0.6) is 5.75 Å². The summed E-state index contributed by atoms with van der Waals surface area (Å²) < 4.78 is 6.10. The molecule has 1 aliphatic carbocycles. The van der Waals surface area contributed by atoms with Crippen LogP contribution in [0, 0.1) is 6.92 Å². The second-order valence-electron chi connectivity index (χ2n) is 6.17. The SMILES string of the molecule is Cc1nc(/C(N)=C(\CCN)N(C)N)ccc1OC1CCCCC1. The molecule has 1 aromatic heterocycles. The van der Waals surface area contributed by atoms with Crippen molar-refractivity contribution in [2.24, 2.45) is 17.3 Å². The summed E-state index contributed by atoms with van der Waals surface area (Å²) in [6.45, 7) is 2.43. The van der Waals surface area contributed by atoms with Gasteiger partial charge in [0.1, 0.15) is 5.75 Å². The van der Waals surface area contributed by atoms with Crippen molar-refractivity contribution in [3.63, 3.8) is 0 Å². The maximum absolute atomic E-state index is 6.23. The first-order valence-corrected chi connectivity index (χ1v) is 8.34. The van der Waals surface area contributed by atoms with Crippen LogP contribution < -0.4 is 22.0 Å². The number of ether oxygens (including phenoxy) is 1. The fourth-order valence-corrected chi connectivity index (χ4v) is 2.97. The van der Waals surface area contributed by atoms with Gasteiger partial charge in [-0.2, -0.15) is 0 Å². The molecule has 6 heteroatoms. The number of hydrogen-bond acceptors (Lipinski definition) is 6. The molecule has 6 nitrogen and oxygen atoms in total. The molecule has 2 rings (SSSR count). The van der Waals surface area contributed by atoms with Crippen molar-refractivity contribution in [2.45, 2.75) is 51.6 Å². The molecule has 0 radical (unpaired) electrons. The van der Waals surface area contributed by atoms with Gasteiger partial charge < -0.3 is 21.2 Å². The van der Waals surface area contributed by atoms with Crippen molar-refractivity contribution < 1.29 is 4.74 Å². The number of aryl methyl sites for hydroxylation is 1. The number of nitrogens with two attached hydrogens (primary N) is 3. The molecule has 0 saturated heterocycles. The first-order valence-electron chi connectivity index (χ1n) is 8.34. The molecule has 1 fully saturated rings. The van der Waals surface area contributed by atoms with E-state index in [0.717, 1.165) is 30.0 Å². The van der Waals surface area contributed by atoms with Gasteiger partial charge >= 0.3 is 0 Å². The van der Waals surface area contributed by atoms with Gasteiger partial charge in [0.25, 0.3) is 0 Å². The van der Waals surface area contributed by atoms with Crippen molar-refractivity contribution in [3.05, 3.63) is 29.2 Å². The summed E-state index contributed by atoms with van der Waals surface area (Å²) in [7, 11) is 1.76. The number of hydrogen-bond donors (Lipinski definition) is 3. The monoisotopic (exact) mass is 319 g/mol. The average molecular weight is 319 g/mol. The lowest BCUT2D eigenvalue weighted by molar-refractivity contribution is 0.153. The second-order valence-corrected chi connectivity index (χ2v) is 6.17. The zero-order valence-electron chi connectivity index (χ0n) is 14.2. The van der Waals surface area contributed by atoms with E-state index >= 15 is 0 Å². The third kappa shape index (κ3) is 4.59. The van der Waals surface area contributed by atoms with Gasteiger partial charge in [0, 0.05) is 13.5 Å². The fourth-order valence-electron chi connectivity index (χ4n) is 2.97. The zero-order valence-corrected chi connectivity index (χ0v) is 14.2. The van der Waals surface area contributed by atoms with E-state index in [-0.39, 0.29) is 0 Å². The van der Waals surface area contributed by atoms with Crippen LogP contribution in [-0.4, -0.2) is 29.7 Å². The van der Waals surface area contributed by atoms with E-state index in [4.69, 9.17) is 22.0 Å². The Bertz CT molecular complexity index is 550. The van der Waals surface area contributed by atoms with Crippen LogP contribution in [0.4, 0.5) is 0 Å². The normalized spacial score (nSPS) is 16.9. The Morgan fingerprint density at radius 1 is 1.30 bits per heavy atom. The van der Waals surface area contributed by atoms with Gasteiger partial charge in [-0.25, -0.2) is 10.8 Å². The molecule has 1 aliphatic rings. The van der Waals surface area contributed by atoms with Crippen LogP contribution in [0.25, 0.3) is 5.70 Å². The molecule has 1 saturated carbocycles. The van der Waals surface area contributed by atoms with Crippen molar-refractivity contribution in [3.8, 4) is 5.75 Å². The molecule has 0 spiro atoms. The molecular formula is C17H29N5O. The molecule has 6 N–H and O–H groups in total. The van der Waals surface area contributed by atoms with E-state index < -0.39 is 0 Å². The molecule has 1 heterocycles. The minimum Gasteiger partial charge on any atom is -0.489 e. The summed E-state index contributed by atoms with van der Waals surface area (Å²) in [4.78, 5) is 4.59. The summed E-state index contributed by atoms with van der Waals surface area (Å²) >= 11 is 0. The smallest absolute Gasteiger partial charge is 0.140 e. The highest BCUT2D eigenvalue weighted by molar-refractivity contribution is 5.63. The summed E-state index contributed by atoms with van der Waals surface area (Å²) in [5.41, 5.74) is 14.8. The van der Waals surface area contributed by atoms with Crippen LogP contribution in [0.15, 0.2) is 17.8 Å². The Kier molecular flexibility index (Phi) is 6.24. The van der Waals surface area contributed by atoms with Crippen LogP contribution in [0.1, 0.15) is 49.9 Å². The number of nitrogens with zero attached hydrogens (tertiary/aromatic N) is 2. The van der Waals surface area contributed by atoms with E-state index in [2.05, 4.69) is 4.98 Å². The Morgan fingerprint density at radius 3 is 2.57 bits per heavy atom. The minimum absolute atomic E-state index is 0.311. The summed E-state index contributed by atoms with van der Waals surface area (Å²) in [6.07, 6.45) is 6.98. The molecular weight excluding hydrogens is 290 g/mol. The molecule has 0 amide bonds. The highest BCUT2D eigenvalue weighted by atomic mass is 16.5. The molecule has 0 aromatic carbocycles. The number of hydrazine groups is 1. The van der Waals surface area contributed by atoms with E-state index in [1.165, 1.54) is 24.3 Å². The van der Waals surface area contributed by atoms with Crippen LogP contribution >= 0.6 is 0 Å². The zero-order chi connectivity index (χ0) is 16.8. The van der Waals surface area contributed by atoms with Crippen molar-refractivity contribution in [1.29, 1.82) is 0 Å². The second kappa shape index (κ2) is 8.17. The molecule has 0 bridgehead atoms. The average Bonchev–Trinajstić information content (AvgIpc) is 2.54. The quantitative estimate of drug-likeness (QED) is 0.546. The van der Waals surface area contributed by atoms with Crippen LogP contribution in [-0.2, 0) is 0 Å². The maximum Gasteiger partial charge on any atom is 0.140 e. The van der Waals surface area contributed by atoms with Gasteiger partial charge in [-0.1, -0.05) is 6.42 Å². The van der Waals surface area contributed by atoms with Gasteiger partial charge in [-0.3, -0.25) is 0 Å². The topological polar surface area (TPSA) is 103 Å². The summed E-state index contributed by atoms with van der Waals surface area (Å²) in [5.74, 6) is 6.68. The van der Waals surface area contributed by atoms with Crippen molar-refractivity contribution >= 4 is 5.70 Å². The van der Waals surface area contributed by atoms with Crippen LogP contribution in [0.3, 0.4) is 0 Å². The highest BCUT2D eigenvalue weighted by Crippen LogP contribution is 2.26.